The molecule has 2 aliphatic heterocycles. The number of amides is 1. The van der Waals surface area contributed by atoms with E-state index in [2.05, 4.69) is 141 Å². The molecule has 12 unspecified atom stereocenters. The zero-order valence-corrected chi connectivity index (χ0v) is 57.2. The van der Waals surface area contributed by atoms with Crippen LogP contribution in [-0.2, 0) is 23.7 Å². The standard InChI is InChI=1S/C78H131NO13/c1-3-5-7-9-11-13-15-17-19-21-23-25-27-28-29-30-31-32-33-34-35-36-37-38-40-42-44-46-48-50-52-54-56-58-60-62-70(83)79-66(65-89-77-75(88)73(86)76(69(64-81)91-77)92-78-74(87)72(85)71(84)68(63-80)90-78)67(82)61-59-57-55-53-51-49-47-45-43-41-39-26-24-22-20-18-16-14-12-10-8-6-4-2/h5,7,11,13,17,19,23,25,28-29,31-32,34-35,37-38,42,44,48,50,59,61,66-69,71-78,80-82,84-88H,3-4,6,8-10,12,14-16,18,20-22,24,26-27,30,33,36,39-41,43,45-47,49,51-58,60,62-65H2,1-2H3,(H,79,83)/b7-5-,13-11-,19-17-,25-23-,29-28-,32-31-,35-34-,38-37-,44-42-,50-48-,61-59+. The van der Waals surface area contributed by atoms with Gasteiger partial charge in [-0.2, -0.15) is 0 Å². The fourth-order valence-electron chi connectivity index (χ4n) is 11.1. The number of aliphatic hydroxyl groups is 8. The molecule has 0 spiro atoms. The summed E-state index contributed by atoms with van der Waals surface area (Å²) < 4.78 is 22.8. The highest BCUT2D eigenvalue weighted by Gasteiger charge is 2.51. The summed E-state index contributed by atoms with van der Waals surface area (Å²) in [5.41, 5.74) is 0. The quantitative estimate of drug-likeness (QED) is 0.0204. The Hall–Kier alpha value is -3.87. The molecule has 2 saturated heterocycles. The third kappa shape index (κ3) is 44.0. The van der Waals surface area contributed by atoms with E-state index >= 15 is 0 Å². The molecule has 0 bridgehead atoms. The van der Waals surface area contributed by atoms with Crippen LogP contribution in [0.15, 0.2) is 134 Å². The number of ether oxygens (including phenoxy) is 4. The van der Waals surface area contributed by atoms with Crippen LogP contribution in [0.4, 0.5) is 0 Å². The van der Waals surface area contributed by atoms with Crippen LogP contribution in [0.5, 0.6) is 0 Å². The summed E-state index contributed by atoms with van der Waals surface area (Å²) in [7, 11) is 0. The summed E-state index contributed by atoms with van der Waals surface area (Å²) in [5, 5.41) is 87.5. The van der Waals surface area contributed by atoms with Crippen LogP contribution in [0.3, 0.4) is 0 Å². The monoisotopic (exact) mass is 1290 g/mol. The molecule has 1 amide bonds. The Morgan fingerprint density at radius 3 is 1.15 bits per heavy atom. The van der Waals surface area contributed by atoms with Gasteiger partial charge in [-0.05, 0) is 96.3 Å². The van der Waals surface area contributed by atoms with E-state index in [4.69, 9.17) is 18.9 Å². The molecule has 92 heavy (non-hydrogen) atoms. The number of carbonyl (C=O) groups excluding carboxylic acids is 1. The number of aliphatic hydroxyl groups excluding tert-OH is 8. The van der Waals surface area contributed by atoms with Gasteiger partial charge in [0.2, 0.25) is 5.91 Å². The van der Waals surface area contributed by atoms with Gasteiger partial charge in [0.25, 0.3) is 0 Å². The van der Waals surface area contributed by atoms with E-state index in [1.807, 2.05) is 6.08 Å². The highest BCUT2D eigenvalue weighted by atomic mass is 16.7. The molecule has 0 aliphatic carbocycles. The van der Waals surface area contributed by atoms with Crippen molar-refractivity contribution in [2.24, 2.45) is 0 Å². The van der Waals surface area contributed by atoms with Crippen molar-refractivity contribution in [3.63, 3.8) is 0 Å². The lowest BCUT2D eigenvalue weighted by molar-refractivity contribution is -0.359. The van der Waals surface area contributed by atoms with Crippen LogP contribution in [-0.4, -0.2) is 140 Å². The van der Waals surface area contributed by atoms with E-state index in [1.165, 1.54) is 122 Å². The minimum atomic E-state index is -1.80. The largest absolute Gasteiger partial charge is 0.394 e. The summed E-state index contributed by atoms with van der Waals surface area (Å²) in [5.74, 6) is -0.267. The molecular weight excluding hydrogens is 1160 g/mol. The van der Waals surface area contributed by atoms with E-state index in [9.17, 15) is 45.6 Å². The van der Waals surface area contributed by atoms with Gasteiger partial charge >= 0.3 is 0 Å². The maximum Gasteiger partial charge on any atom is 0.220 e. The summed E-state index contributed by atoms with van der Waals surface area (Å²) in [6, 6.07) is -0.940. The molecule has 0 radical (unpaired) electrons. The molecular formula is C78H131NO13. The number of unbranched alkanes of at least 4 members (excludes halogenated alkanes) is 25. The first-order valence-corrected chi connectivity index (χ1v) is 36.4. The summed E-state index contributed by atoms with van der Waals surface area (Å²) >= 11 is 0. The van der Waals surface area contributed by atoms with Crippen molar-refractivity contribution < 1.29 is 64.6 Å². The number of nitrogens with one attached hydrogen (secondary N) is 1. The van der Waals surface area contributed by atoms with Gasteiger partial charge in [-0.1, -0.05) is 289 Å². The third-order valence-electron chi connectivity index (χ3n) is 16.8. The van der Waals surface area contributed by atoms with Crippen LogP contribution in [0, 0.1) is 0 Å². The van der Waals surface area contributed by atoms with Crippen LogP contribution in [0.1, 0.15) is 258 Å². The van der Waals surface area contributed by atoms with E-state index in [-0.39, 0.29) is 18.9 Å². The van der Waals surface area contributed by atoms with E-state index in [1.54, 1.807) is 6.08 Å². The lowest BCUT2D eigenvalue weighted by Crippen LogP contribution is -2.65. The first kappa shape index (κ1) is 84.2. The van der Waals surface area contributed by atoms with Gasteiger partial charge in [0.1, 0.15) is 48.8 Å². The van der Waals surface area contributed by atoms with E-state index in [0.29, 0.717) is 6.42 Å². The van der Waals surface area contributed by atoms with Crippen LogP contribution in [0.25, 0.3) is 0 Å². The van der Waals surface area contributed by atoms with Gasteiger partial charge in [0, 0.05) is 6.42 Å². The minimum absolute atomic E-state index is 0.243. The predicted molar refractivity (Wildman–Crippen MR) is 378 cm³/mol. The fraction of sp³-hybridized carbons (Fsp3) is 0.705. The average molecular weight is 1290 g/mol. The molecule has 12 atom stereocenters. The Bertz CT molecular complexity index is 2060. The van der Waals surface area contributed by atoms with Crippen LogP contribution < -0.4 is 5.32 Å². The molecule has 2 fully saturated rings. The van der Waals surface area contributed by atoms with Gasteiger partial charge in [-0.25, -0.2) is 0 Å². The van der Waals surface area contributed by atoms with Crippen LogP contribution >= 0.6 is 0 Å². The second-order valence-corrected chi connectivity index (χ2v) is 25.0. The molecule has 526 valence electrons. The molecule has 14 nitrogen and oxygen atoms in total. The lowest BCUT2D eigenvalue weighted by atomic mass is 9.97. The lowest BCUT2D eigenvalue weighted by Gasteiger charge is -2.46. The molecule has 2 rings (SSSR count). The smallest absolute Gasteiger partial charge is 0.220 e. The first-order valence-electron chi connectivity index (χ1n) is 36.4. The second kappa shape index (κ2) is 60.8. The van der Waals surface area contributed by atoms with E-state index < -0.39 is 86.8 Å². The number of hydrogen-bond donors (Lipinski definition) is 9. The molecule has 0 aromatic heterocycles. The van der Waals surface area contributed by atoms with Crippen molar-refractivity contribution in [1.29, 1.82) is 0 Å². The number of allylic oxidation sites excluding steroid dienone is 21. The summed E-state index contributed by atoms with van der Waals surface area (Å²) in [6.07, 6.45) is 73.5. The zero-order chi connectivity index (χ0) is 66.6. The van der Waals surface area contributed by atoms with Crippen LogP contribution in [0.2, 0.25) is 0 Å². The van der Waals surface area contributed by atoms with Gasteiger partial charge in [-0.15, -0.1) is 0 Å². The second-order valence-electron chi connectivity index (χ2n) is 25.0. The molecule has 0 aromatic carbocycles. The molecule has 2 heterocycles. The van der Waals surface area contributed by atoms with Crippen molar-refractivity contribution in [2.75, 3.05) is 19.8 Å². The van der Waals surface area contributed by atoms with E-state index in [0.717, 1.165) is 109 Å². The minimum Gasteiger partial charge on any atom is -0.394 e. The molecule has 9 N–H and O–H groups in total. The molecule has 0 saturated carbocycles. The molecule has 14 heteroatoms. The first-order chi connectivity index (χ1) is 45.1. The normalized spacial score (nSPS) is 23.5. The van der Waals surface area contributed by atoms with Crippen molar-refractivity contribution in [2.45, 2.75) is 331 Å². The average Bonchev–Trinajstić information content (AvgIpc) is 0.830. The maximum atomic E-state index is 13.3. The van der Waals surface area contributed by atoms with Gasteiger partial charge in [0.05, 0.1) is 32.0 Å². The van der Waals surface area contributed by atoms with Crippen molar-refractivity contribution in [3.8, 4) is 0 Å². The molecule has 2 aliphatic rings. The fourth-order valence-corrected chi connectivity index (χ4v) is 11.1. The Labute approximate surface area is 558 Å². The Morgan fingerprint density at radius 1 is 0.402 bits per heavy atom. The van der Waals surface area contributed by atoms with Gasteiger partial charge in [-0.3, -0.25) is 4.79 Å². The van der Waals surface area contributed by atoms with Crippen molar-refractivity contribution >= 4 is 5.91 Å². The predicted octanol–water partition coefficient (Wildman–Crippen LogP) is 15.5. The maximum absolute atomic E-state index is 13.3. The molecule has 0 aromatic rings. The summed E-state index contributed by atoms with van der Waals surface area (Å²) in [4.78, 5) is 13.3. The Kier molecular flexibility index (Phi) is 55.6. The Morgan fingerprint density at radius 2 is 0.750 bits per heavy atom. The summed E-state index contributed by atoms with van der Waals surface area (Å²) in [6.45, 7) is 2.68. The topological polar surface area (TPSA) is 228 Å². The van der Waals surface area contributed by atoms with Gasteiger partial charge < -0.3 is 65.1 Å². The number of rotatable bonds is 58. The highest BCUT2D eigenvalue weighted by molar-refractivity contribution is 5.76. The Balaban J connectivity index is 1.70. The third-order valence-corrected chi connectivity index (χ3v) is 16.8. The highest BCUT2D eigenvalue weighted by Crippen LogP contribution is 2.30. The zero-order valence-electron chi connectivity index (χ0n) is 57.2. The number of carbonyl (C=O) groups is 1. The number of hydrogen-bond acceptors (Lipinski definition) is 13. The SMILES string of the molecule is CC/C=C\C/C=C\C/C=C\C/C=C\C/C=C\C/C=C\C/C=C\C/C=C\C/C=C\C/C=C\CCCCCCC(=O)NC(COC1OC(CO)C(OC2OC(CO)C(O)C(O)C2O)C(O)C1O)C(O)/C=C/CCCCCCCCCCCCCCCCCCCCCCC. The van der Waals surface area contributed by atoms with Gasteiger partial charge in [0.15, 0.2) is 12.6 Å². The van der Waals surface area contributed by atoms with Crippen molar-refractivity contribution in [3.05, 3.63) is 134 Å². The van der Waals surface area contributed by atoms with Crippen molar-refractivity contribution in [1.82, 2.24) is 5.32 Å².